The number of anilines is 1. The Morgan fingerprint density at radius 2 is 1.90 bits per heavy atom. The van der Waals surface area contributed by atoms with Crippen molar-refractivity contribution in [2.24, 2.45) is 0 Å². The summed E-state index contributed by atoms with van der Waals surface area (Å²) in [5, 5.41) is 6.05. The van der Waals surface area contributed by atoms with E-state index in [1.165, 1.54) is 6.08 Å². The zero-order valence-corrected chi connectivity index (χ0v) is 18.0. The van der Waals surface area contributed by atoms with Gasteiger partial charge >= 0.3 is 0 Å². The maximum absolute atomic E-state index is 12.1. The van der Waals surface area contributed by atoms with Crippen LogP contribution in [-0.2, 0) is 4.79 Å². The van der Waals surface area contributed by atoms with Crippen molar-refractivity contribution in [3.05, 3.63) is 59.9 Å². The zero-order chi connectivity index (χ0) is 22.2. The van der Waals surface area contributed by atoms with E-state index < -0.39 is 0 Å². The first-order chi connectivity index (χ1) is 15.0. The van der Waals surface area contributed by atoms with Gasteiger partial charge < -0.3 is 20.1 Å². The number of nitrogens with one attached hydrogen (secondary N) is 2. The highest BCUT2D eigenvalue weighted by Gasteiger charge is 2.06. The molecule has 3 rings (SSSR count). The minimum absolute atomic E-state index is 0.190. The average Bonchev–Trinajstić information content (AvgIpc) is 3.20. The van der Waals surface area contributed by atoms with E-state index in [1.807, 2.05) is 36.7 Å². The molecule has 9 heteroatoms. The molecule has 0 atom stereocenters. The lowest BCUT2D eigenvalue weighted by molar-refractivity contribution is -0.116. The lowest BCUT2D eigenvalue weighted by atomic mass is 10.2. The SMILES string of the molecule is COc1ccc(/C=C/C(=O)NCCNc2cc(-n3ccnc3C)nc(C)n2)cc1OC. The third-order valence-electron chi connectivity index (χ3n) is 4.46. The van der Waals surface area contributed by atoms with Crippen LogP contribution >= 0.6 is 0 Å². The average molecular weight is 422 g/mol. The number of methoxy groups -OCH3 is 2. The molecule has 0 saturated carbocycles. The zero-order valence-electron chi connectivity index (χ0n) is 18.0. The Kier molecular flexibility index (Phi) is 7.21. The first-order valence-electron chi connectivity index (χ1n) is 9.78. The number of nitrogens with zero attached hydrogens (tertiary/aromatic N) is 4. The molecule has 0 aliphatic carbocycles. The normalized spacial score (nSPS) is 10.8. The third kappa shape index (κ3) is 5.81. The smallest absolute Gasteiger partial charge is 0.244 e. The number of carbonyl (C=O) groups is 1. The molecule has 0 bridgehead atoms. The first-order valence-corrected chi connectivity index (χ1v) is 9.78. The summed E-state index contributed by atoms with van der Waals surface area (Å²) in [4.78, 5) is 25.1. The highest BCUT2D eigenvalue weighted by Crippen LogP contribution is 2.27. The molecule has 2 heterocycles. The molecular weight excluding hydrogens is 396 g/mol. The van der Waals surface area contributed by atoms with Crippen LogP contribution in [0.25, 0.3) is 11.9 Å². The Hall–Kier alpha value is -3.88. The van der Waals surface area contributed by atoms with Crippen LogP contribution in [0, 0.1) is 13.8 Å². The fraction of sp³-hybridized carbons (Fsp3) is 0.273. The predicted molar refractivity (Wildman–Crippen MR) is 119 cm³/mol. The van der Waals surface area contributed by atoms with Gasteiger partial charge in [-0.15, -0.1) is 0 Å². The molecule has 0 radical (unpaired) electrons. The summed E-state index contributed by atoms with van der Waals surface area (Å²) >= 11 is 0. The molecule has 0 saturated heterocycles. The van der Waals surface area contributed by atoms with Crippen LogP contribution in [0.5, 0.6) is 11.5 Å². The Labute approximate surface area is 181 Å². The number of aromatic nitrogens is 4. The van der Waals surface area contributed by atoms with Crippen LogP contribution in [-0.4, -0.2) is 52.7 Å². The topological polar surface area (TPSA) is 103 Å². The molecular formula is C22H26N6O3. The van der Waals surface area contributed by atoms with Crippen LogP contribution in [0.1, 0.15) is 17.2 Å². The van der Waals surface area contributed by atoms with Crippen LogP contribution in [0.4, 0.5) is 5.82 Å². The quantitative estimate of drug-likeness (QED) is 0.403. The summed E-state index contributed by atoms with van der Waals surface area (Å²) in [6.07, 6.45) is 6.78. The fourth-order valence-corrected chi connectivity index (χ4v) is 2.95. The summed E-state index contributed by atoms with van der Waals surface area (Å²) in [7, 11) is 3.15. The Morgan fingerprint density at radius 1 is 1.10 bits per heavy atom. The van der Waals surface area contributed by atoms with Gasteiger partial charge in [0, 0.05) is 37.6 Å². The second kappa shape index (κ2) is 10.2. The number of ether oxygens (including phenoxy) is 2. The van der Waals surface area contributed by atoms with E-state index in [1.54, 1.807) is 38.6 Å². The van der Waals surface area contributed by atoms with Crippen molar-refractivity contribution in [2.45, 2.75) is 13.8 Å². The predicted octanol–water partition coefficient (Wildman–Crippen LogP) is 2.54. The van der Waals surface area contributed by atoms with E-state index in [0.717, 1.165) is 17.2 Å². The van der Waals surface area contributed by atoms with Crippen LogP contribution in [0.2, 0.25) is 0 Å². The Balaban J connectivity index is 1.51. The number of hydrogen-bond donors (Lipinski definition) is 2. The Morgan fingerprint density at radius 3 is 2.61 bits per heavy atom. The van der Waals surface area contributed by atoms with Gasteiger partial charge in [-0.3, -0.25) is 9.36 Å². The maximum atomic E-state index is 12.1. The number of benzene rings is 1. The van der Waals surface area contributed by atoms with Crippen LogP contribution < -0.4 is 20.1 Å². The van der Waals surface area contributed by atoms with Crippen molar-refractivity contribution in [3.63, 3.8) is 0 Å². The number of aryl methyl sites for hydroxylation is 2. The van der Waals surface area contributed by atoms with Crippen molar-refractivity contribution < 1.29 is 14.3 Å². The van der Waals surface area contributed by atoms with Crippen LogP contribution in [0.3, 0.4) is 0 Å². The molecule has 0 spiro atoms. The molecule has 2 N–H and O–H groups in total. The molecule has 1 aromatic carbocycles. The lowest BCUT2D eigenvalue weighted by Crippen LogP contribution is -2.27. The van der Waals surface area contributed by atoms with E-state index in [0.29, 0.717) is 36.2 Å². The van der Waals surface area contributed by atoms with Crippen molar-refractivity contribution >= 4 is 17.8 Å². The van der Waals surface area contributed by atoms with E-state index >= 15 is 0 Å². The molecule has 0 aliphatic heterocycles. The number of amides is 1. The van der Waals surface area contributed by atoms with Gasteiger partial charge in [0.25, 0.3) is 0 Å². The number of rotatable bonds is 9. The van der Waals surface area contributed by atoms with Gasteiger partial charge in [-0.2, -0.15) is 0 Å². The molecule has 0 unspecified atom stereocenters. The molecule has 0 fully saturated rings. The molecule has 162 valence electrons. The highest BCUT2D eigenvalue weighted by molar-refractivity contribution is 5.91. The summed E-state index contributed by atoms with van der Waals surface area (Å²) in [6, 6.07) is 7.30. The van der Waals surface area contributed by atoms with Crippen molar-refractivity contribution in [3.8, 4) is 17.3 Å². The Bertz CT molecular complexity index is 1080. The standard InChI is InChI=1S/C22H26N6O3/c1-15-26-20(14-21(27-15)28-12-11-23-16(28)2)24-9-10-25-22(29)8-6-17-5-7-18(30-3)19(13-17)31-4/h5-8,11-14H,9-10H2,1-4H3,(H,25,29)(H,24,26,27)/b8-6+. The van der Waals surface area contributed by atoms with E-state index in [2.05, 4.69) is 25.6 Å². The molecule has 31 heavy (non-hydrogen) atoms. The van der Waals surface area contributed by atoms with Gasteiger partial charge in [-0.05, 0) is 37.6 Å². The summed E-state index contributed by atoms with van der Waals surface area (Å²) in [6.45, 7) is 4.71. The van der Waals surface area contributed by atoms with Crippen molar-refractivity contribution in [2.75, 3.05) is 32.6 Å². The van der Waals surface area contributed by atoms with Gasteiger partial charge in [-0.25, -0.2) is 15.0 Å². The van der Waals surface area contributed by atoms with E-state index in [-0.39, 0.29) is 5.91 Å². The second-order valence-corrected chi connectivity index (χ2v) is 6.67. The van der Waals surface area contributed by atoms with Gasteiger partial charge in [-0.1, -0.05) is 6.07 Å². The number of carbonyl (C=O) groups excluding carboxylic acids is 1. The van der Waals surface area contributed by atoms with E-state index in [9.17, 15) is 4.79 Å². The maximum Gasteiger partial charge on any atom is 0.244 e. The summed E-state index contributed by atoms with van der Waals surface area (Å²) in [5.74, 6) is 3.98. The number of hydrogen-bond acceptors (Lipinski definition) is 7. The van der Waals surface area contributed by atoms with E-state index in [4.69, 9.17) is 9.47 Å². The second-order valence-electron chi connectivity index (χ2n) is 6.67. The van der Waals surface area contributed by atoms with Gasteiger partial charge in [0.05, 0.1) is 14.2 Å². The molecule has 9 nitrogen and oxygen atoms in total. The molecule has 3 aromatic rings. The molecule has 0 aliphatic rings. The minimum Gasteiger partial charge on any atom is -0.493 e. The molecule has 2 aromatic heterocycles. The fourth-order valence-electron chi connectivity index (χ4n) is 2.95. The summed E-state index contributed by atoms with van der Waals surface area (Å²) in [5.41, 5.74) is 0.838. The third-order valence-corrected chi connectivity index (χ3v) is 4.46. The highest BCUT2D eigenvalue weighted by atomic mass is 16.5. The van der Waals surface area contributed by atoms with Crippen LogP contribution in [0.15, 0.2) is 42.7 Å². The first kappa shape index (κ1) is 21.8. The minimum atomic E-state index is -0.190. The monoisotopic (exact) mass is 422 g/mol. The largest absolute Gasteiger partial charge is 0.493 e. The van der Waals surface area contributed by atoms with Gasteiger partial charge in [0.2, 0.25) is 5.91 Å². The van der Waals surface area contributed by atoms with Crippen molar-refractivity contribution in [1.82, 2.24) is 24.8 Å². The van der Waals surface area contributed by atoms with Gasteiger partial charge in [0.1, 0.15) is 23.3 Å². The van der Waals surface area contributed by atoms with Crippen molar-refractivity contribution in [1.29, 1.82) is 0 Å². The number of imidazole rings is 1. The lowest BCUT2D eigenvalue weighted by Gasteiger charge is -2.10. The summed E-state index contributed by atoms with van der Waals surface area (Å²) < 4.78 is 12.4. The van der Waals surface area contributed by atoms with Gasteiger partial charge in [0.15, 0.2) is 11.5 Å². The molecule has 1 amide bonds.